The number of hydrogen-bond acceptors (Lipinski definition) is 3. The molecule has 1 unspecified atom stereocenters. The predicted molar refractivity (Wildman–Crippen MR) is 81.4 cm³/mol. The average molecular weight is 275 g/mol. The molecule has 1 heterocycles. The Kier molecular flexibility index (Phi) is 4.16. The maximum atomic E-state index is 12.2. The Hall–Kier alpha value is -1.39. The van der Waals surface area contributed by atoms with Crippen LogP contribution in [0, 0.1) is 6.92 Å². The van der Waals surface area contributed by atoms with Crippen LogP contribution >= 0.6 is 0 Å². The van der Waals surface area contributed by atoms with Crippen molar-refractivity contribution in [2.24, 2.45) is 0 Å². The number of benzene rings is 1. The highest BCUT2D eigenvalue weighted by atomic mass is 16.2. The van der Waals surface area contributed by atoms with Gasteiger partial charge in [0.2, 0.25) is 5.91 Å². The van der Waals surface area contributed by atoms with Gasteiger partial charge in [-0.2, -0.15) is 0 Å². The first-order chi connectivity index (χ1) is 9.31. The second-order valence-electron chi connectivity index (χ2n) is 6.42. The van der Waals surface area contributed by atoms with Crippen molar-refractivity contribution in [1.82, 2.24) is 15.1 Å². The van der Waals surface area contributed by atoms with Gasteiger partial charge in [-0.1, -0.05) is 29.8 Å². The first kappa shape index (κ1) is 15.0. The van der Waals surface area contributed by atoms with Crippen LogP contribution in [0.15, 0.2) is 24.3 Å². The lowest BCUT2D eigenvalue weighted by molar-refractivity contribution is -0.129. The highest BCUT2D eigenvalue weighted by Crippen LogP contribution is 2.26. The Labute approximate surface area is 121 Å². The van der Waals surface area contributed by atoms with E-state index in [-0.39, 0.29) is 17.6 Å². The highest BCUT2D eigenvalue weighted by molar-refractivity contribution is 5.81. The number of nitrogens with one attached hydrogen (secondary N) is 1. The quantitative estimate of drug-likeness (QED) is 0.909. The maximum Gasteiger partial charge on any atom is 0.238 e. The number of rotatable bonds is 4. The summed E-state index contributed by atoms with van der Waals surface area (Å²) in [5, 5.41) is 3.31. The van der Waals surface area contributed by atoms with Crippen LogP contribution in [0.2, 0.25) is 0 Å². The van der Waals surface area contributed by atoms with E-state index in [2.05, 4.69) is 69.3 Å². The lowest BCUT2D eigenvalue weighted by Gasteiger charge is -2.38. The fourth-order valence-electron chi connectivity index (χ4n) is 2.32. The van der Waals surface area contributed by atoms with Crippen molar-refractivity contribution >= 4 is 5.91 Å². The van der Waals surface area contributed by atoms with Crippen LogP contribution in [0.25, 0.3) is 0 Å². The summed E-state index contributed by atoms with van der Waals surface area (Å²) < 4.78 is 0. The minimum absolute atomic E-state index is 0.0117. The van der Waals surface area contributed by atoms with Crippen LogP contribution < -0.4 is 5.32 Å². The molecule has 0 spiro atoms. The molecule has 2 rings (SSSR count). The summed E-state index contributed by atoms with van der Waals surface area (Å²) in [6, 6.07) is 8.38. The molecule has 110 valence electrons. The van der Waals surface area contributed by atoms with Crippen molar-refractivity contribution in [1.29, 1.82) is 0 Å². The van der Waals surface area contributed by atoms with Gasteiger partial charge in [-0.3, -0.25) is 10.1 Å². The number of aryl methyl sites for hydroxylation is 1. The SMILES string of the molecule is Cc1ccc(C2NCC(=O)N2CC(C)(C)N(C)C)cc1. The summed E-state index contributed by atoms with van der Waals surface area (Å²) >= 11 is 0. The third kappa shape index (κ3) is 3.02. The van der Waals surface area contributed by atoms with Gasteiger partial charge in [-0.15, -0.1) is 0 Å². The molecule has 4 nitrogen and oxygen atoms in total. The van der Waals surface area contributed by atoms with Crippen molar-refractivity contribution in [3.63, 3.8) is 0 Å². The molecule has 20 heavy (non-hydrogen) atoms. The lowest BCUT2D eigenvalue weighted by atomic mass is 10.0. The Bertz CT molecular complexity index is 479. The highest BCUT2D eigenvalue weighted by Gasteiger charge is 2.36. The number of carbonyl (C=O) groups is 1. The number of hydrogen-bond donors (Lipinski definition) is 1. The number of carbonyl (C=O) groups excluding carboxylic acids is 1. The number of likely N-dealkylation sites (N-methyl/N-ethyl adjacent to an activating group) is 1. The Morgan fingerprint density at radius 1 is 1.30 bits per heavy atom. The summed E-state index contributed by atoms with van der Waals surface area (Å²) in [5.74, 6) is 0.172. The summed E-state index contributed by atoms with van der Waals surface area (Å²) in [6.45, 7) is 7.52. The second-order valence-corrected chi connectivity index (χ2v) is 6.42. The number of amides is 1. The summed E-state index contributed by atoms with van der Waals surface area (Å²) in [4.78, 5) is 16.3. The van der Waals surface area contributed by atoms with Crippen LogP contribution in [0.3, 0.4) is 0 Å². The van der Waals surface area contributed by atoms with Crippen molar-refractivity contribution in [2.75, 3.05) is 27.2 Å². The van der Waals surface area contributed by atoms with Crippen molar-refractivity contribution in [2.45, 2.75) is 32.5 Å². The summed E-state index contributed by atoms with van der Waals surface area (Å²) in [6.07, 6.45) is -0.0117. The fourth-order valence-corrected chi connectivity index (χ4v) is 2.32. The minimum atomic E-state index is -0.0510. The smallest absolute Gasteiger partial charge is 0.238 e. The summed E-state index contributed by atoms with van der Waals surface area (Å²) in [5.41, 5.74) is 2.33. The molecular formula is C16H25N3O. The first-order valence-electron chi connectivity index (χ1n) is 7.08. The Balaban J connectivity index is 2.21. The molecular weight excluding hydrogens is 250 g/mol. The topological polar surface area (TPSA) is 35.6 Å². The molecule has 0 radical (unpaired) electrons. The average Bonchev–Trinajstić information content (AvgIpc) is 2.72. The molecule has 0 aliphatic carbocycles. The van der Waals surface area contributed by atoms with Crippen molar-refractivity contribution in [3.8, 4) is 0 Å². The van der Waals surface area contributed by atoms with Gasteiger partial charge in [0, 0.05) is 12.1 Å². The van der Waals surface area contributed by atoms with Gasteiger partial charge in [-0.25, -0.2) is 0 Å². The summed E-state index contributed by atoms with van der Waals surface area (Å²) in [7, 11) is 4.10. The van der Waals surface area contributed by atoms with E-state index in [0.29, 0.717) is 13.1 Å². The normalized spacial score (nSPS) is 20.0. The van der Waals surface area contributed by atoms with Gasteiger partial charge in [0.15, 0.2) is 0 Å². The number of nitrogens with zero attached hydrogens (tertiary/aromatic N) is 2. The minimum Gasteiger partial charge on any atom is -0.320 e. The van der Waals surface area contributed by atoms with Crippen LogP contribution in [-0.4, -0.2) is 48.4 Å². The van der Waals surface area contributed by atoms with Gasteiger partial charge < -0.3 is 9.80 Å². The van der Waals surface area contributed by atoms with Crippen LogP contribution in [0.1, 0.15) is 31.1 Å². The fraction of sp³-hybridized carbons (Fsp3) is 0.562. The monoisotopic (exact) mass is 275 g/mol. The zero-order valence-electron chi connectivity index (χ0n) is 13.1. The molecule has 1 aliphatic rings. The molecule has 0 aromatic heterocycles. The molecule has 1 aliphatic heterocycles. The first-order valence-corrected chi connectivity index (χ1v) is 7.08. The molecule has 1 N–H and O–H groups in total. The van der Waals surface area contributed by atoms with E-state index < -0.39 is 0 Å². The predicted octanol–water partition coefficient (Wildman–Crippen LogP) is 1.77. The van der Waals surface area contributed by atoms with E-state index in [0.717, 1.165) is 5.56 Å². The van der Waals surface area contributed by atoms with Gasteiger partial charge >= 0.3 is 0 Å². The molecule has 4 heteroatoms. The standard InChI is InChI=1S/C16H25N3O/c1-12-6-8-13(9-7-12)15-17-10-14(20)19(15)11-16(2,3)18(4)5/h6-9,15,17H,10-11H2,1-5H3. The zero-order chi connectivity index (χ0) is 14.9. The molecule has 1 fully saturated rings. The molecule has 0 bridgehead atoms. The molecule has 1 aromatic rings. The van der Waals surface area contributed by atoms with E-state index in [1.54, 1.807) is 0 Å². The molecule has 0 saturated carbocycles. The molecule has 1 aromatic carbocycles. The zero-order valence-corrected chi connectivity index (χ0v) is 13.1. The third-order valence-corrected chi connectivity index (χ3v) is 4.24. The van der Waals surface area contributed by atoms with Gasteiger partial charge in [0.05, 0.1) is 6.54 Å². The lowest BCUT2D eigenvalue weighted by Crippen LogP contribution is -2.49. The van der Waals surface area contributed by atoms with E-state index in [1.165, 1.54) is 5.56 Å². The van der Waals surface area contributed by atoms with Gasteiger partial charge in [-0.05, 0) is 40.4 Å². The van der Waals surface area contributed by atoms with Crippen molar-refractivity contribution in [3.05, 3.63) is 35.4 Å². The Morgan fingerprint density at radius 2 is 1.90 bits per heavy atom. The van der Waals surface area contributed by atoms with Crippen LogP contribution in [0.4, 0.5) is 0 Å². The van der Waals surface area contributed by atoms with Gasteiger partial charge in [0.25, 0.3) is 0 Å². The largest absolute Gasteiger partial charge is 0.320 e. The van der Waals surface area contributed by atoms with Crippen LogP contribution in [0.5, 0.6) is 0 Å². The van der Waals surface area contributed by atoms with Gasteiger partial charge in [0.1, 0.15) is 6.17 Å². The van der Waals surface area contributed by atoms with Crippen LogP contribution in [-0.2, 0) is 4.79 Å². The third-order valence-electron chi connectivity index (χ3n) is 4.24. The maximum absolute atomic E-state index is 12.2. The molecule has 1 amide bonds. The van der Waals surface area contributed by atoms with E-state index >= 15 is 0 Å². The molecule has 1 atom stereocenters. The van der Waals surface area contributed by atoms with E-state index in [9.17, 15) is 4.79 Å². The van der Waals surface area contributed by atoms with Crippen molar-refractivity contribution < 1.29 is 4.79 Å². The van der Waals surface area contributed by atoms with E-state index in [1.807, 2.05) is 4.90 Å². The molecule has 1 saturated heterocycles. The Morgan fingerprint density at radius 3 is 2.45 bits per heavy atom. The van der Waals surface area contributed by atoms with E-state index in [4.69, 9.17) is 0 Å². The second kappa shape index (κ2) is 5.54.